The van der Waals surface area contributed by atoms with Gasteiger partial charge in [0, 0.05) is 10.7 Å². The van der Waals surface area contributed by atoms with Crippen molar-refractivity contribution in [1.29, 1.82) is 0 Å². The predicted octanol–water partition coefficient (Wildman–Crippen LogP) is 4.94. The van der Waals surface area contributed by atoms with Gasteiger partial charge in [-0.05, 0) is 48.6 Å². The van der Waals surface area contributed by atoms with Gasteiger partial charge in [-0.25, -0.2) is 4.39 Å². The summed E-state index contributed by atoms with van der Waals surface area (Å²) in [5.41, 5.74) is 0.975. The van der Waals surface area contributed by atoms with Crippen molar-refractivity contribution in [1.82, 2.24) is 0 Å². The third kappa shape index (κ3) is 3.80. The Morgan fingerprint density at radius 3 is 2.37 bits per heavy atom. The topological polar surface area (TPSA) is 24.1 Å². The summed E-state index contributed by atoms with van der Waals surface area (Å²) >= 11 is 16.5. The first-order valence-corrected chi connectivity index (χ1v) is 6.50. The standard InChI is InChI=1S/C13H9Cl2FN2S/c14-8-4-6-9(7-5-8)17-13(19)18-11-3-1-2-10(15)12(11)16/h1-7H,(H2,17,18,19). The third-order valence-electron chi connectivity index (χ3n) is 2.30. The number of hydrogen-bond donors (Lipinski definition) is 2. The van der Waals surface area contributed by atoms with Gasteiger partial charge >= 0.3 is 0 Å². The fourth-order valence-corrected chi connectivity index (χ4v) is 1.95. The highest BCUT2D eigenvalue weighted by atomic mass is 35.5. The van der Waals surface area contributed by atoms with Crippen molar-refractivity contribution in [2.45, 2.75) is 0 Å². The van der Waals surface area contributed by atoms with Gasteiger partial charge < -0.3 is 10.6 Å². The highest BCUT2D eigenvalue weighted by Gasteiger charge is 2.07. The van der Waals surface area contributed by atoms with Crippen LogP contribution in [0.25, 0.3) is 0 Å². The van der Waals surface area contributed by atoms with E-state index in [0.717, 1.165) is 5.69 Å². The average Bonchev–Trinajstić information content (AvgIpc) is 2.38. The molecular weight excluding hydrogens is 306 g/mol. The van der Waals surface area contributed by atoms with Crippen molar-refractivity contribution in [2.75, 3.05) is 10.6 Å². The molecule has 0 fully saturated rings. The molecule has 0 radical (unpaired) electrons. The van der Waals surface area contributed by atoms with Gasteiger partial charge in [-0.3, -0.25) is 0 Å². The smallest absolute Gasteiger partial charge is 0.175 e. The van der Waals surface area contributed by atoms with Gasteiger partial charge in [0.2, 0.25) is 0 Å². The first kappa shape index (κ1) is 14.1. The SMILES string of the molecule is Fc1c(Cl)cccc1NC(=S)Nc1ccc(Cl)cc1. The lowest BCUT2D eigenvalue weighted by molar-refractivity contribution is 0.632. The summed E-state index contributed by atoms with van der Waals surface area (Å²) in [6.45, 7) is 0. The van der Waals surface area contributed by atoms with Crippen LogP contribution in [0.1, 0.15) is 0 Å². The molecule has 0 bridgehead atoms. The van der Waals surface area contributed by atoms with Gasteiger partial charge in [0.15, 0.2) is 10.9 Å². The van der Waals surface area contributed by atoms with E-state index in [9.17, 15) is 4.39 Å². The summed E-state index contributed by atoms with van der Waals surface area (Å²) in [5.74, 6) is -0.538. The minimum Gasteiger partial charge on any atom is -0.332 e. The van der Waals surface area contributed by atoms with E-state index in [-0.39, 0.29) is 15.8 Å². The molecule has 98 valence electrons. The van der Waals surface area contributed by atoms with Crippen molar-refractivity contribution in [2.24, 2.45) is 0 Å². The molecule has 0 unspecified atom stereocenters. The maximum atomic E-state index is 13.7. The molecule has 0 aliphatic heterocycles. The number of anilines is 2. The Labute approximate surface area is 125 Å². The molecule has 6 heteroatoms. The predicted molar refractivity (Wildman–Crippen MR) is 82.7 cm³/mol. The number of halogens is 3. The Morgan fingerprint density at radius 1 is 1.00 bits per heavy atom. The van der Waals surface area contributed by atoms with E-state index < -0.39 is 5.82 Å². The van der Waals surface area contributed by atoms with Crippen molar-refractivity contribution in [3.05, 3.63) is 58.3 Å². The average molecular weight is 315 g/mol. The molecule has 0 aromatic heterocycles. The molecule has 0 spiro atoms. The number of benzene rings is 2. The van der Waals surface area contributed by atoms with Gasteiger partial charge in [0.1, 0.15) is 0 Å². The van der Waals surface area contributed by atoms with E-state index in [0.29, 0.717) is 5.02 Å². The minimum absolute atomic E-state index is 0.0410. The molecule has 0 atom stereocenters. The highest BCUT2D eigenvalue weighted by Crippen LogP contribution is 2.22. The lowest BCUT2D eigenvalue weighted by Gasteiger charge is -2.11. The molecular formula is C13H9Cl2FN2S. The maximum Gasteiger partial charge on any atom is 0.175 e. The van der Waals surface area contributed by atoms with E-state index >= 15 is 0 Å². The van der Waals surface area contributed by atoms with Crippen LogP contribution < -0.4 is 10.6 Å². The second kappa shape index (κ2) is 6.19. The summed E-state index contributed by atoms with van der Waals surface area (Å²) in [6.07, 6.45) is 0. The molecule has 0 saturated carbocycles. The lowest BCUT2D eigenvalue weighted by Crippen LogP contribution is -2.19. The summed E-state index contributed by atoms with van der Waals surface area (Å²) < 4.78 is 13.7. The first-order chi connectivity index (χ1) is 9.06. The number of hydrogen-bond acceptors (Lipinski definition) is 1. The van der Waals surface area contributed by atoms with Crippen molar-refractivity contribution in [3.63, 3.8) is 0 Å². The van der Waals surface area contributed by atoms with Gasteiger partial charge in [0.05, 0.1) is 10.7 Å². The number of nitrogens with one attached hydrogen (secondary N) is 2. The van der Waals surface area contributed by atoms with Crippen LogP contribution in [-0.2, 0) is 0 Å². The summed E-state index contributed by atoms with van der Waals surface area (Å²) in [4.78, 5) is 0. The molecule has 2 rings (SSSR count). The van der Waals surface area contributed by atoms with E-state index in [2.05, 4.69) is 10.6 Å². The van der Waals surface area contributed by atoms with Gasteiger partial charge in [-0.2, -0.15) is 0 Å². The Bertz CT molecular complexity index is 602. The zero-order valence-electron chi connectivity index (χ0n) is 9.58. The lowest BCUT2D eigenvalue weighted by atomic mass is 10.3. The van der Waals surface area contributed by atoms with Crippen molar-refractivity contribution in [3.8, 4) is 0 Å². The summed E-state index contributed by atoms with van der Waals surface area (Å²) in [7, 11) is 0. The van der Waals surface area contributed by atoms with Gasteiger partial charge in [0.25, 0.3) is 0 Å². The van der Waals surface area contributed by atoms with Crippen molar-refractivity contribution < 1.29 is 4.39 Å². The zero-order valence-corrected chi connectivity index (χ0v) is 11.9. The maximum absolute atomic E-state index is 13.7. The molecule has 0 saturated heterocycles. The molecule has 2 N–H and O–H groups in total. The third-order valence-corrected chi connectivity index (χ3v) is 3.05. The van der Waals surface area contributed by atoms with E-state index in [1.165, 1.54) is 6.07 Å². The first-order valence-electron chi connectivity index (χ1n) is 5.34. The molecule has 0 aliphatic rings. The Balaban J connectivity index is 2.05. The van der Waals surface area contributed by atoms with Crippen LogP contribution in [0.3, 0.4) is 0 Å². The second-order valence-corrected chi connectivity index (χ2v) is 4.94. The minimum atomic E-state index is -0.538. The zero-order chi connectivity index (χ0) is 13.8. The molecule has 19 heavy (non-hydrogen) atoms. The largest absolute Gasteiger partial charge is 0.332 e. The van der Waals surface area contributed by atoms with Crippen LogP contribution in [0.15, 0.2) is 42.5 Å². The van der Waals surface area contributed by atoms with Crippen LogP contribution in [-0.4, -0.2) is 5.11 Å². The van der Waals surface area contributed by atoms with E-state index in [1.54, 1.807) is 36.4 Å². The number of thiocarbonyl (C=S) groups is 1. The molecule has 2 aromatic carbocycles. The van der Waals surface area contributed by atoms with Gasteiger partial charge in [-0.15, -0.1) is 0 Å². The van der Waals surface area contributed by atoms with Crippen LogP contribution in [0.4, 0.5) is 15.8 Å². The molecule has 0 amide bonds. The van der Waals surface area contributed by atoms with Crippen LogP contribution in [0.5, 0.6) is 0 Å². The van der Waals surface area contributed by atoms with Crippen LogP contribution in [0.2, 0.25) is 10.0 Å². The summed E-state index contributed by atoms with van der Waals surface area (Å²) in [5, 5.41) is 6.60. The van der Waals surface area contributed by atoms with Crippen LogP contribution in [0, 0.1) is 5.82 Å². The highest BCUT2D eigenvalue weighted by molar-refractivity contribution is 7.80. The Kier molecular flexibility index (Phi) is 4.58. The molecule has 2 nitrogen and oxygen atoms in total. The van der Waals surface area contributed by atoms with E-state index in [1.807, 2.05) is 0 Å². The molecule has 0 heterocycles. The quantitative estimate of drug-likeness (QED) is 0.768. The van der Waals surface area contributed by atoms with E-state index in [4.69, 9.17) is 35.4 Å². The molecule has 2 aromatic rings. The fourth-order valence-electron chi connectivity index (χ4n) is 1.42. The Hall–Kier alpha value is -1.36. The summed E-state index contributed by atoms with van der Waals surface area (Å²) in [6, 6.07) is 11.7. The van der Waals surface area contributed by atoms with Crippen LogP contribution >= 0.6 is 35.4 Å². The normalized spacial score (nSPS) is 10.1. The van der Waals surface area contributed by atoms with Crippen molar-refractivity contribution >= 4 is 51.9 Å². The Morgan fingerprint density at radius 2 is 1.68 bits per heavy atom. The molecule has 0 aliphatic carbocycles. The number of rotatable bonds is 2. The fraction of sp³-hybridized carbons (Fsp3) is 0. The second-order valence-electron chi connectivity index (χ2n) is 3.69. The van der Waals surface area contributed by atoms with Gasteiger partial charge in [-0.1, -0.05) is 29.3 Å². The monoisotopic (exact) mass is 314 g/mol.